The standard InChI is InChI=1S/C55H106O6/c1-6-8-9-10-11-12-13-14-16-20-23-26-29-35-40-45-53(56)59-48-52(61-55(58)47-42-37-32-31-34-39-44-51(5)7-2)49-60-54(57)46-41-36-30-27-24-21-18-15-17-19-22-25-28-33-38-43-50(3)4/h50-52H,6-49H2,1-5H3/t51?,52-/m1/s1. The van der Waals surface area contributed by atoms with Gasteiger partial charge >= 0.3 is 17.9 Å². The van der Waals surface area contributed by atoms with Crippen LogP contribution in [-0.2, 0) is 28.6 Å². The first-order valence-corrected chi connectivity index (χ1v) is 27.3. The number of ether oxygens (including phenoxy) is 3. The zero-order valence-corrected chi connectivity index (χ0v) is 41.8. The Kier molecular flexibility index (Phi) is 46.6. The van der Waals surface area contributed by atoms with Gasteiger partial charge in [0.2, 0.25) is 0 Å². The average molecular weight is 863 g/mol. The number of unbranched alkanes of at least 4 members (excludes halogenated alkanes) is 33. The summed E-state index contributed by atoms with van der Waals surface area (Å²) in [5, 5.41) is 0. The summed E-state index contributed by atoms with van der Waals surface area (Å²) in [7, 11) is 0. The molecule has 0 fully saturated rings. The van der Waals surface area contributed by atoms with Crippen LogP contribution in [0.2, 0.25) is 0 Å². The van der Waals surface area contributed by atoms with Crippen molar-refractivity contribution in [3.8, 4) is 0 Å². The Morgan fingerprint density at radius 1 is 0.344 bits per heavy atom. The van der Waals surface area contributed by atoms with E-state index in [4.69, 9.17) is 14.2 Å². The Morgan fingerprint density at radius 2 is 0.623 bits per heavy atom. The Labute approximate surface area is 380 Å². The maximum Gasteiger partial charge on any atom is 0.306 e. The van der Waals surface area contributed by atoms with Crippen LogP contribution >= 0.6 is 0 Å². The van der Waals surface area contributed by atoms with E-state index in [0.717, 1.165) is 69.6 Å². The van der Waals surface area contributed by atoms with Crippen LogP contribution in [0, 0.1) is 11.8 Å². The van der Waals surface area contributed by atoms with Gasteiger partial charge in [0.1, 0.15) is 13.2 Å². The first-order chi connectivity index (χ1) is 29.8. The van der Waals surface area contributed by atoms with Crippen LogP contribution in [0.15, 0.2) is 0 Å². The highest BCUT2D eigenvalue weighted by molar-refractivity contribution is 5.71. The Bertz CT molecular complexity index is 933. The van der Waals surface area contributed by atoms with Crippen molar-refractivity contribution in [1.82, 2.24) is 0 Å². The molecule has 0 N–H and O–H groups in total. The highest BCUT2D eigenvalue weighted by Gasteiger charge is 2.19. The fourth-order valence-electron chi connectivity index (χ4n) is 8.31. The fraction of sp³-hybridized carbons (Fsp3) is 0.945. The topological polar surface area (TPSA) is 78.9 Å². The first kappa shape index (κ1) is 59.4. The molecule has 362 valence electrons. The third kappa shape index (κ3) is 47.7. The van der Waals surface area contributed by atoms with Gasteiger partial charge in [-0.1, -0.05) is 266 Å². The molecule has 6 heteroatoms. The highest BCUT2D eigenvalue weighted by atomic mass is 16.6. The largest absolute Gasteiger partial charge is 0.462 e. The van der Waals surface area contributed by atoms with E-state index in [-0.39, 0.29) is 31.1 Å². The predicted octanol–water partition coefficient (Wildman–Crippen LogP) is 17.7. The van der Waals surface area contributed by atoms with Crippen molar-refractivity contribution < 1.29 is 28.6 Å². The lowest BCUT2D eigenvalue weighted by Gasteiger charge is -2.18. The number of carbonyl (C=O) groups is 3. The number of esters is 3. The zero-order valence-electron chi connectivity index (χ0n) is 41.8. The molecule has 0 radical (unpaired) electrons. The summed E-state index contributed by atoms with van der Waals surface area (Å²) >= 11 is 0. The van der Waals surface area contributed by atoms with Gasteiger partial charge in [-0.05, 0) is 31.1 Å². The fourth-order valence-corrected chi connectivity index (χ4v) is 8.31. The maximum absolute atomic E-state index is 12.8. The molecule has 0 amide bonds. The average Bonchev–Trinajstić information content (AvgIpc) is 3.24. The van der Waals surface area contributed by atoms with E-state index in [1.54, 1.807) is 0 Å². The molecule has 0 heterocycles. The lowest BCUT2D eigenvalue weighted by Crippen LogP contribution is -2.30. The molecule has 0 saturated heterocycles. The van der Waals surface area contributed by atoms with Crippen molar-refractivity contribution in [2.24, 2.45) is 11.8 Å². The molecule has 0 spiro atoms. The molecule has 0 aliphatic carbocycles. The van der Waals surface area contributed by atoms with Crippen LogP contribution in [-0.4, -0.2) is 37.2 Å². The summed E-state index contributed by atoms with van der Waals surface area (Å²) in [6, 6.07) is 0. The smallest absolute Gasteiger partial charge is 0.306 e. The molecule has 0 bridgehead atoms. The molecule has 2 atom stereocenters. The van der Waals surface area contributed by atoms with Gasteiger partial charge in [-0.15, -0.1) is 0 Å². The molecule has 61 heavy (non-hydrogen) atoms. The molecule has 0 aromatic rings. The van der Waals surface area contributed by atoms with E-state index >= 15 is 0 Å². The zero-order chi connectivity index (χ0) is 44.7. The number of rotatable bonds is 49. The summed E-state index contributed by atoms with van der Waals surface area (Å²) < 4.78 is 16.8. The van der Waals surface area contributed by atoms with Crippen LogP contribution in [0.25, 0.3) is 0 Å². The molecule has 0 saturated carbocycles. The van der Waals surface area contributed by atoms with Gasteiger partial charge in [-0.25, -0.2) is 0 Å². The maximum atomic E-state index is 12.8. The van der Waals surface area contributed by atoms with Crippen LogP contribution in [0.3, 0.4) is 0 Å². The van der Waals surface area contributed by atoms with Crippen LogP contribution in [0.4, 0.5) is 0 Å². The van der Waals surface area contributed by atoms with Gasteiger partial charge in [0.15, 0.2) is 6.10 Å². The molecule has 0 rings (SSSR count). The van der Waals surface area contributed by atoms with E-state index in [0.29, 0.717) is 19.3 Å². The van der Waals surface area contributed by atoms with Gasteiger partial charge in [0, 0.05) is 19.3 Å². The second-order valence-corrected chi connectivity index (χ2v) is 19.6. The molecule has 0 aromatic carbocycles. The van der Waals surface area contributed by atoms with E-state index in [2.05, 4.69) is 34.6 Å². The van der Waals surface area contributed by atoms with Crippen molar-refractivity contribution in [2.45, 2.75) is 310 Å². The molecular formula is C55H106O6. The lowest BCUT2D eigenvalue weighted by molar-refractivity contribution is -0.167. The molecule has 1 unspecified atom stereocenters. The van der Waals surface area contributed by atoms with Crippen LogP contribution in [0.5, 0.6) is 0 Å². The SMILES string of the molecule is CCCCCCCCCCCCCCCCCC(=O)OC[C@H](COC(=O)CCCCCCCCCCCCCCCCCC(C)C)OC(=O)CCCCCCCCC(C)CC. The summed E-state index contributed by atoms with van der Waals surface area (Å²) in [5.74, 6) is 0.811. The number of hydrogen-bond donors (Lipinski definition) is 0. The van der Waals surface area contributed by atoms with E-state index in [1.807, 2.05) is 0 Å². The molecule has 6 nitrogen and oxygen atoms in total. The van der Waals surface area contributed by atoms with Crippen LogP contribution < -0.4 is 0 Å². The van der Waals surface area contributed by atoms with Crippen LogP contribution in [0.1, 0.15) is 304 Å². The number of hydrogen-bond acceptors (Lipinski definition) is 6. The van der Waals surface area contributed by atoms with Gasteiger partial charge in [-0.2, -0.15) is 0 Å². The van der Waals surface area contributed by atoms with Crippen molar-refractivity contribution in [3.63, 3.8) is 0 Å². The van der Waals surface area contributed by atoms with Crippen molar-refractivity contribution in [3.05, 3.63) is 0 Å². The monoisotopic (exact) mass is 863 g/mol. The second kappa shape index (κ2) is 47.9. The van der Waals surface area contributed by atoms with E-state index < -0.39 is 6.10 Å². The quantitative estimate of drug-likeness (QED) is 0.0344. The van der Waals surface area contributed by atoms with Crippen molar-refractivity contribution in [2.75, 3.05) is 13.2 Å². The summed E-state index contributed by atoms with van der Waals surface area (Å²) in [6.07, 6.45) is 49.5. The van der Waals surface area contributed by atoms with E-state index in [1.165, 1.54) is 193 Å². The second-order valence-electron chi connectivity index (χ2n) is 19.6. The minimum Gasteiger partial charge on any atom is -0.462 e. The molecular weight excluding hydrogens is 757 g/mol. The van der Waals surface area contributed by atoms with Gasteiger partial charge in [0.05, 0.1) is 0 Å². The van der Waals surface area contributed by atoms with E-state index in [9.17, 15) is 14.4 Å². The van der Waals surface area contributed by atoms with Crippen molar-refractivity contribution in [1.29, 1.82) is 0 Å². The van der Waals surface area contributed by atoms with Gasteiger partial charge in [0.25, 0.3) is 0 Å². The van der Waals surface area contributed by atoms with Gasteiger partial charge in [-0.3, -0.25) is 14.4 Å². The molecule has 0 aliphatic heterocycles. The summed E-state index contributed by atoms with van der Waals surface area (Å²) in [4.78, 5) is 38.0. The normalized spacial score (nSPS) is 12.5. The molecule has 0 aliphatic rings. The summed E-state index contributed by atoms with van der Waals surface area (Å²) in [6.45, 7) is 11.4. The Morgan fingerprint density at radius 3 is 0.934 bits per heavy atom. The Hall–Kier alpha value is -1.59. The third-order valence-electron chi connectivity index (χ3n) is 12.8. The number of carbonyl (C=O) groups excluding carboxylic acids is 3. The third-order valence-corrected chi connectivity index (χ3v) is 12.8. The highest BCUT2D eigenvalue weighted by Crippen LogP contribution is 2.18. The summed E-state index contributed by atoms with van der Waals surface area (Å²) in [5.41, 5.74) is 0. The minimum absolute atomic E-state index is 0.0641. The van der Waals surface area contributed by atoms with Gasteiger partial charge < -0.3 is 14.2 Å². The minimum atomic E-state index is -0.762. The predicted molar refractivity (Wildman–Crippen MR) is 261 cm³/mol. The Balaban J connectivity index is 4.24. The first-order valence-electron chi connectivity index (χ1n) is 27.3. The van der Waals surface area contributed by atoms with Crippen molar-refractivity contribution >= 4 is 17.9 Å². The molecule has 0 aromatic heterocycles. The lowest BCUT2D eigenvalue weighted by atomic mass is 10.00.